The molecule has 0 saturated carbocycles. The van der Waals surface area contributed by atoms with E-state index in [1.54, 1.807) is 17.4 Å². The molecular formula is C14H12OS. The molecule has 1 heterocycles. The minimum Gasteiger partial charge on any atom is -0.299 e. The smallest absolute Gasteiger partial charge is 0.143 e. The number of carbonyl (C=O) groups is 1. The Morgan fingerprint density at radius 1 is 1.19 bits per heavy atom. The van der Waals surface area contributed by atoms with Crippen LogP contribution in [-0.4, -0.2) is 6.29 Å². The molecule has 16 heavy (non-hydrogen) atoms. The van der Waals surface area contributed by atoms with Crippen molar-refractivity contribution in [2.24, 2.45) is 0 Å². The fourth-order valence-electron chi connectivity index (χ4n) is 1.54. The molecule has 0 atom stereocenters. The Labute approximate surface area is 99.1 Å². The zero-order valence-electron chi connectivity index (χ0n) is 9.01. The molecule has 0 aliphatic heterocycles. The lowest BCUT2D eigenvalue weighted by Gasteiger charge is -2.02. The molecule has 0 saturated heterocycles. The number of aldehydes is 1. The Morgan fingerprint density at radius 2 is 1.94 bits per heavy atom. The van der Waals surface area contributed by atoms with E-state index in [0.29, 0.717) is 0 Å². The van der Waals surface area contributed by atoms with E-state index in [9.17, 15) is 4.79 Å². The molecule has 1 nitrogen and oxygen atoms in total. The van der Waals surface area contributed by atoms with Crippen molar-refractivity contribution in [1.29, 1.82) is 0 Å². The number of benzene rings is 1. The molecule has 80 valence electrons. The van der Waals surface area contributed by atoms with Gasteiger partial charge in [0.2, 0.25) is 0 Å². The Balaban J connectivity index is 2.30. The maximum absolute atomic E-state index is 10.4. The first-order chi connectivity index (χ1) is 7.81. The van der Waals surface area contributed by atoms with E-state index in [2.05, 4.69) is 23.6 Å². The Bertz CT molecular complexity index is 492. The van der Waals surface area contributed by atoms with Crippen LogP contribution < -0.4 is 0 Å². The predicted molar refractivity (Wildman–Crippen MR) is 69.5 cm³/mol. The topological polar surface area (TPSA) is 17.1 Å². The molecule has 0 fully saturated rings. The number of rotatable bonds is 3. The average Bonchev–Trinajstić information content (AvgIpc) is 2.83. The first-order valence-electron chi connectivity index (χ1n) is 5.07. The minimum atomic E-state index is 0.822. The lowest BCUT2D eigenvalue weighted by Crippen LogP contribution is -1.80. The van der Waals surface area contributed by atoms with Gasteiger partial charge in [0.25, 0.3) is 0 Å². The molecular weight excluding hydrogens is 216 g/mol. The third-order valence-electron chi connectivity index (χ3n) is 2.46. The summed E-state index contributed by atoms with van der Waals surface area (Å²) in [5.41, 5.74) is 3.30. The van der Waals surface area contributed by atoms with Crippen molar-refractivity contribution in [3.8, 4) is 10.4 Å². The van der Waals surface area contributed by atoms with E-state index in [4.69, 9.17) is 0 Å². The van der Waals surface area contributed by atoms with Crippen molar-refractivity contribution < 1.29 is 4.79 Å². The number of carbonyl (C=O) groups excluding carboxylic acids is 1. The van der Waals surface area contributed by atoms with E-state index < -0.39 is 0 Å². The van der Waals surface area contributed by atoms with Gasteiger partial charge in [-0.05, 0) is 41.1 Å². The second kappa shape index (κ2) is 4.90. The van der Waals surface area contributed by atoms with Gasteiger partial charge >= 0.3 is 0 Å². The van der Waals surface area contributed by atoms with Gasteiger partial charge in [0.05, 0.1) is 0 Å². The highest BCUT2D eigenvalue weighted by atomic mass is 32.1. The molecule has 1 aromatic carbocycles. The zero-order valence-corrected chi connectivity index (χ0v) is 9.83. The molecule has 0 unspecified atom stereocenters. The summed E-state index contributed by atoms with van der Waals surface area (Å²) in [6.45, 7) is 1.94. The van der Waals surface area contributed by atoms with Crippen LogP contribution in [0.2, 0.25) is 0 Å². The van der Waals surface area contributed by atoms with Gasteiger partial charge in [0.1, 0.15) is 6.29 Å². The van der Waals surface area contributed by atoms with Gasteiger partial charge < -0.3 is 0 Å². The molecule has 0 amide bonds. The highest BCUT2D eigenvalue weighted by Crippen LogP contribution is 2.25. The SMILES string of the molecule is CC(=CC=O)c1ccc(-c2cccs2)cc1. The lowest BCUT2D eigenvalue weighted by molar-refractivity contribution is -0.104. The molecule has 0 N–H and O–H groups in total. The standard InChI is InChI=1S/C14H12OS/c1-11(8-9-15)12-4-6-13(7-5-12)14-3-2-10-16-14/h2-10H,1H3. The largest absolute Gasteiger partial charge is 0.299 e. The van der Waals surface area contributed by atoms with Crippen molar-refractivity contribution in [2.75, 3.05) is 0 Å². The fraction of sp³-hybridized carbons (Fsp3) is 0.0714. The van der Waals surface area contributed by atoms with E-state index in [-0.39, 0.29) is 0 Å². The first kappa shape index (κ1) is 10.8. The third-order valence-corrected chi connectivity index (χ3v) is 3.38. The molecule has 1 aromatic heterocycles. The Kier molecular flexibility index (Phi) is 3.32. The molecule has 0 bridgehead atoms. The number of allylic oxidation sites excluding steroid dienone is 2. The molecule has 2 rings (SSSR count). The summed E-state index contributed by atoms with van der Waals surface area (Å²) >= 11 is 1.73. The van der Waals surface area contributed by atoms with E-state index in [1.807, 2.05) is 25.1 Å². The van der Waals surface area contributed by atoms with Crippen LogP contribution in [0.25, 0.3) is 16.0 Å². The van der Waals surface area contributed by atoms with Gasteiger partial charge in [0, 0.05) is 4.88 Å². The summed E-state index contributed by atoms with van der Waals surface area (Å²) < 4.78 is 0. The van der Waals surface area contributed by atoms with E-state index in [0.717, 1.165) is 17.4 Å². The summed E-state index contributed by atoms with van der Waals surface area (Å²) in [5.74, 6) is 0. The Morgan fingerprint density at radius 3 is 2.50 bits per heavy atom. The molecule has 0 aliphatic rings. The van der Waals surface area contributed by atoms with Crippen LogP contribution in [-0.2, 0) is 4.79 Å². The second-order valence-electron chi connectivity index (χ2n) is 3.54. The van der Waals surface area contributed by atoms with E-state index >= 15 is 0 Å². The Hall–Kier alpha value is -1.67. The van der Waals surface area contributed by atoms with Crippen molar-refractivity contribution in [3.63, 3.8) is 0 Å². The number of hydrogen-bond acceptors (Lipinski definition) is 2. The third kappa shape index (κ3) is 2.28. The van der Waals surface area contributed by atoms with Gasteiger partial charge in [-0.1, -0.05) is 30.3 Å². The maximum Gasteiger partial charge on any atom is 0.143 e. The summed E-state index contributed by atoms with van der Waals surface area (Å²) in [6.07, 6.45) is 2.41. The average molecular weight is 228 g/mol. The fourth-order valence-corrected chi connectivity index (χ4v) is 2.27. The van der Waals surface area contributed by atoms with Crippen molar-refractivity contribution >= 4 is 23.2 Å². The number of thiophene rings is 1. The van der Waals surface area contributed by atoms with Gasteiger partial charge in [-0.2, -0.15) is 0 Å². The second-order valence-corrected chi connectivity index (χ2v) is 4.49. The van der Waals surface area contributed by atoms with Gasteiger partial charge in [-0.3, -0.25) is 4.79 Å². The van der Waals surface area contributed by atoms with Gasteiger partial charge in [-0.15, -0.1) is 11.3 Å². The maximum atomic E-state index is 10.4. The van der Waals surface area contributed by atoms with Crippen LogP contribution >= 0.6 is 11.3 Å². The molecule has 0 spiro atoms. The monoisotopic (exact) mass is 228 g/mol. The highest BCUT2D eigenvalue weighted by molar-refractivity contribution is 7.13. The minimum absolute atomic E-state index is 0.822. The van der Waals surface area contributed by atoms with Crippen LogP contribution in [0.15, 0.2) is 47.9 Å². The highest BCUT2D eigenvalue weighted by Gasteiger charge is 1.99. The van der Waals surface area contributed by atoms with Gasteiger partial charge in [0.15, 0.2) is 0 Å². The molecule has 2 aromatic rings. The van der Waals surface area contributed by atoms with Crippen LogP contribution in [0.3, 0.4) is 0 Å². The normalized spacial score (nSPS) is 11.4. The zero-order chi connectivity index (χ0) is 11.4. The number of hydrogen-bond donors (Lipinski definition) is 0. The molecule has 0 aliphatic carbocycles. The summed E-state index contributed by atoms with van der Waals surface area (Å²) in [6, 6.07) is 12.4. The first-order valence-corrected chi connectivity index (χ1v) is 5.95. The molecule has 2 heteroatoms. The van der Waals surface area contributed by atoms with E-state index in [1.165, 1.54) is 10.4 Å². The van der Waals surface area contributed by atoms with Crippen LogP contribution in [0.4, 0.5) is 0 Å². The van der Waals surface area contributed by atoms with Crippen molar-refractivity contribution in [2.45, 2.75) is 6.92 Å². The summed E-state index contributed by atoms with van der Waals surface area (Å²) in [7, 11) is 0. The predicted octanol–water partition coefficient (Wildman–Crippen LogP) is 4.02. The van der Waals surface area contributed by atoms with Crippen LogP contribution in [0.1, 0.15) is 12.5 Å². The lowest BCUT2D eigenvalue weighted by atomic mass is 10.0. The van der Waals surface area contributed by atoms with Crippen LogP contribution in [0, 0.1) is 0 Å². The van der Waals surface area contributed by atoms with Crippen molar-refractivity contribution in [1.82, 2.24) is 0 Å². The molecule has 0 radical (unpaired) electrons. The summed E-state index contributed by atoms with van der Waals surface area (Å²) in [4.78, 5) is 11.6. The quantitative estimate of drug-likeness (QED) is 0.573. The summed E-state index contributed by atoms with van der Waals surface area (Å²) in [5, 5.41) is 2.07. The van der Waals surface area contributed by atoms with Crippen molar-refractivity contribution in [3.05, 3.63) is 53.4 Å². The van der Waals surface area contributed by atoms with Crippen LogP contribution in [0.5, 0.6) is 0 Å². The van der Waals surface area contributed by atoms with Gasteiger partial charge in [-0.25, -0.2) is 0 Å².